The lowest BCUT2D eigenvalue weighted by atomic mass is 10.2. The molecule has 1 aromatic rings. The topological polar surface area (TPSA) is 85.5 Å². The summed E-state index contributed by atoms with van der Waals surface area (Å²) < 4.78 is 5.62. The third kappa shape index (κ3) is 5.28. The van der Waals surface area contributed by atoms with Gasteiger partial charge in [0.15, 0.2) is 12.4 Å². The molecule has 0 unspecified atom stereocenters. The molecule has 0 bridgehead atoms. The Morgan fingerprint density at radius 1 is 1.53 bits per heavy atom. The van der Waals surface area contributed by atoms with E-state index >= 15 is 0 Å². The van der Waals surface area contributed by atoms with Crippen LogP contribution in [0.15, 0.2) is 24.5 Å². The molecule has 0 aliphatic heterocycles. The summed E-state index contributed by atoms with van der Waals surface area (Å²) in [7, 11) is 0. The molecule has 1 rings (SSSR count). The Kier molecular flexibility index (Phi) is 5.98. The minimum absolute atomic E-state index is 0.000125. The van der Waals surface area contributed by atoms with E-state index in [1.807, 2.05) is 0 Å². The average molecular weight is 240 g/mol. The summed E-state index contributed by atoms with van der Waals surface area (Å²) in [4.78, 5) is 11.5. The van der Waals surface area contributed by atoms with Crippen LogP contribution in [0.2, 0.25) is 0 Å². The van der Waals surface area contributed by atoms with Crippen LogP contribution < -0.4 is 10.0 Å². The first-order valence-corrected chi connectivity index (χ1v) is 5.39. The van der Waals surface area contributed by atoms with Crippen molar-refractivity contribution >= 4 is 5.91 Å². The number of carbonyl (C=O) groups excluding carboxylic acids is 1. The molecule has 0 atom stereocenters. The van der Waals surface area contributed by atoms with Gasteiger partial charge in [0.25, 0.3) is 5.91 Å². The van der Waals surface area contributed by atoms with Gasteiger partial charge in [-0.1, -0.05) is 0 Å². The minimum Gasteiger partial charge on any atom is -0.619 e. The molecule has 6 nitrogen and oxygen atoms in total. The van der Waals surface area contributed by atoms with Crippen molar-refractivity contribution < 1.29 is 19.4 Å². The molecule has 0 aliphatic rings. The third-order valence-corrected chi connectivity index (χ3v) is 2.02. The van der Waals surface area contributed by atoms with Gasteiger partial charge in [0.2, 0.25) is 0 Å². The Hall–Kier alpha value is -1.66. The summed E-state index contributed by atoms with van der Waals surface area (Å²) in [5, 5.41) is 22.1. The van der Waals surface area contributed by atoms with Gasteiger partial charge in [-0.25, -0.2) is 0 Å². The number of ether oxygens (including phenoxy) is 1. The summed E-state index contributed by atoms with van der Waals surface area (Å²) in [6, 6.07) is 3.10. The Bertz CT molecular complexity index is 357. The number of aliphatic hydroxyl groups excluding tert-OH is 1. The number of carbonyl (C=O) groups is 1. The molecule has 0 fully saturated rings. The molecule has 0 aromatic carbocycles. The van der Waals surface area contributed by atoms with Crippen LogP contribution in [0.4, 0.5) is 0 Å². The Morgan fingerprint density at radius 2 is 2.35 bits per heavy atom. The highest BCUT2D eigenvalue weighted by Gasteiger charge is 2.07. The number of amides is 1. The van der Waals surface area contributed by atoms with Crippen LogP contribution in [0, 0.1) is 5.21 Å². The highest BCUT2D eigenvalue weighted by molar-refractivity contribution is 5.93. The number of aliphatic hydroxyl groups is 1. The molecule has 0 aliphatic carbocycles. The molecule has 1 heterocycles. The normalized spacial score (nSPS) is 10.2. The molecule has 0 radical (unpaired) electrons. The second-order valence-electron chi connectivity index (χ2n) is 3.40. The summed E-state index contributed by atoms with van der Waals surface area (Å²) in [6.07, 6.45) is 3.20. The lowest BCUT2D eigenvalue weighted by molar-refractivity contribution is -0.605. The summed E-state index contributed by atoms with van der Waals surface area (Å²) in [5.41, 5.74) is 0.332. The number of hydrogen-bond acceptors (Lipinski definition) is 4. The van der Waals surface area contributed by atoms with Gasteiger partial charge in [0.05, 0.1) is 13.2 Å². The predicted molar refractivity (Wildman–Crippen MR) is 60.3 cm³/mol. The SMILES string of the molecule is O=C(NCCCOCCO)c1ccc[n+]([O-])c1. The molecule has 0 spiro atoms. The van der Waals surface area contributed by atoms with Gasteiger partial charge in [0, 0.05) is 19.2 Å². The monoisotopic (exact) mass is 240 g/mol. The molecule has 6 heteroatoms. The first-order chi connectivity index (χ1) is 8.24. The molecule has 17 heavy (non-hydrogen) atoms. The van der Waals surface area contributed by atoms with Gasteiger partial charge in [-0.05, 0) is 12.5 Å². The number of rotatable bonds is 7. The quantitative estimate of drug-likeness (QED) is 0.380. The second kappa shape index (κ2) is 7.59. The second-order valence-corrected chi connectivity index (χ2v) is 3.40. The number of aromatic nitrogens is 1. The first kappa shape index (κ1) is 13.4. The van der Waals surface area contributed by atoms with Crippen molar-refractivity contribution in [2.24, 2.45) is 0 Å². The van der Waals surface area contributed by atoms with Crippen molar-refractivity contribution in [3.05, 3.63) is 35.3 Å². The van der Waals surface area contributed by atoms with Gasteiger partial charge < -0.3 is 20.4 Å². The lowest BCUT2D eigenvalue weighted by Crippen LogP contribution is -2.30. The Balaban J connectivity index is 2.21. The van der Waals surface area contributed by atoms with Crippen LogP contribution in [-0.4, -0.2) is 37.4 Å². The van der Waals surface area contributed by atoms with Crippen molar-refractivity contribution in [3.8, 4) is 0 Å². The fraction of sp³-hybridized carbons (Fsp3) is 0.455. The third-order valence-electron chi connectivity index (χ3n) is 2.02. The summed E-state index contributed by atoms with van der Waals surface area (Å²) in [6.45, 7) is 1.26. The van der Waals surface area contributed by atoms with Crippen LogP contribution in [0.25, 0.3) is 0 Å². The molecule has 1 aromatic heterocycles. The molecule has 1 amide bonds. The minimum atomic E-state index is -0.280. The molecule has 2 N–H and O–H groups in total. The van der Waals surface area contributed by atoms with Crippen LogP contribution in [-0.2, 0) is 4.74 Å². The van der Waals surface area contributed by atoms with Crippen molar-refractivity contribution in [3.63, 3.8) is 0 Å². The van der Waals surface area contributed by atoms with E-state index in [1.165, 1.54) is 18.5 Å². The van der Waals surface area contributed by atoms with E-state index in [2.05, 4.69) is 5.32 Å². The average Bonchev–Trinajstić information content (AvgIpc) is 2.33. The number of hydrogen-bond donors (Lipinski definition) is 2. The van der Waals surface area contributed by atoms with Crippen LogP contribution in [0.3, 0.4) is 0 Å². The highest BCUT2D eigenvalue weighted by Crippen LogP contribution is 1.93. The van der Waals surface area contributed by atoms with E-state index in [0.717, 1.165) is 0 Å². The number of nitrogens with one attached hydrogen (secondary N) is 1. The van der Waals surface area contributed by atoms with E-state index in [9.17, 15) is 10.0 Å². The standard InChI is InChI=1S/C11H16N2O4/c14-6-8-17-7-2-4-12-11(15)10-3-1-5-13(16)9-10/h1,3,5,9,14H,2,4,6-8H2,(H,12,15). The van der Waals surface area contributed by atoms with E-state index in [0.29, 0.717) is 36.5 Å². The maximum atomic E-state index is 11.5. The van der Waals surface area contributed by atoms with Crippen molar-refractivity contribution in [1.29, 1.82) is 0 Å². The smallest absolute Gasteiger partial charge is 0.257 e. The van der Waals surface area contributed by atoms with Crippen LogP contribution in [0.5, 0.6) is 0 Å². The molecule has 0 saturated heterocycles. The van der Waals surface area contributed by atoms with Crippen molar-refractivity contribution in [1.82, 2.24) is 5.32 Å². The van der Waals surface area contributed by atoms with E-state index in [-0.39, 0.29) is 12.5 Å². The molecular formula is C11H16N2O4. The number of pyridine rings is 1. The maximum absolute atomic E-state index is 11.5. The molecular weight excluding hydrogens is 224 g/mol. The van der Waals surface area contributed by atoms with Gasteiger partial charge in [-0.3, -0.25) is 4.79 Å². The van der Waals surface area contributed by atoms with Crippen molar-refractivity contribution in [2.75, 3.05) is 26.4 Å². The van der Waals surface area contributed by atoms with Gasteiger partial charge >= 0.3 is 0 Å². The van der Waals surface area contributed by atoms with E-state index < -0.39 is 0 Å². The fourth-order valence-electron chi connectivity index (χ4n) is 1.23. The fourth-order valence-corrected chi connectivity index (χ4v) is 1.23. The molecule has 0 saturated carbocycles. The van der Waals surface area contributed by atoms with E-state index in [4.69, 9.17) is 9.84 Å². The van der Waals surface area contributed by atoms with E-state index in [1.54, 1.807) is 6.07 Å². The first-order valence-electron chi connectivity index (χ1n) is 5.39. The summed E-state index contributed by atoms with van der Waals surface area (Å²) >= 11 is 0. The zero-order valence-corrected chi connectivity index (χ0v) is 9.46. The number of nitrogens with zero attached hydrogens (tertiary/aromatic N) is 1. The van der Waals surface area contributed by atoms with Gasteiger partial charge in [0.1, 0.15) is 5.56 Å². The predicted octanol–water partition coefficient (Wildman–Crippen LogP) is -0.551. The summed E-state index contributed by atoms with van der Waals surface area (Å²) in [5.74, 6) is -0.280. The van der Waals surface area contributed by atoms with Gasteiger partial charge in [-0.2, -0.15) is 4.73 Å². The van der Waals surface area contributed by atoms with Crippen LogP contribution in [0.1, 0.15) is 16.8 Å². The van der Waals surface area contributed by atoms with Crippen LogP contribution >= 0.6 is 0 Å². The Labute approximate surface area is 99.4 Å². The zero-order valence-electron chi connectivity index (χ0n) is 9.46. The maximum Gasteiger partial charge on any atom is 0.257 e. The highest BCUT2D eigenvalue weighted by atomic mass is 16.5. The molecule has 94 valence electrons. The Morgan fingerprint density at radius 3 is 3.06 bits per heavy atom. The van der Waals surface area contributed by atoms with Crippen molar-refractivity contribution in [2.45, 2.75) is 6.42 Å². The largest absolute Gasteiger partial charge is 0.619 e. The zero-order chi connectivity index (χ0) is 12.5. The van der Waals surface area contributed by atoms with Gasteiger partial charge in [-0.15, -0.1) is 0 Å². The lowest BCUT2D eigenvalue weighted by Gasteiger charge is -2.05.